The third-order valence-electron chi connectivity index (χ3n) is 1.45. The molecule has 0 aromatic carbocycles. The summed E-state index contributed by atoms with van der Waals surface area (Å²) in [6.45, 7) is 0. The average Bonchev–Trinajstić information content (AvgIpc) is 2.03. The number of aromatic nitrogens is 1. The van der Waals surface area contributed by atoms with Gasteiger partial charge in [-0.05, 0) is 6.07 Å². The number of hydrogen-bond acceptors (Lipinski definition) is 3. The van der Waals surface area contributed by atoms with Crippen molar-refractivity contribution >= 4 is 23.9 Å². The van der Waals surface area contributed by atoms with Gasteiger partial charge in [-0.15, -0.1) is 0 Å². The SMILES string of the molecule is C[N+](=O)c1ccc(=S)[nH]c1C(=O)O. The summed E-state index contributed by atoms with van der Waals surface area (Å²) in [5, 5.41) is 8.70. The third-order valence-corrected chi connectivity index (χ3v) is 1.69. The number of rotatable bonds is 2. The predicted molar refractivity (Wildman–Crippen MR) is 47.8 cm³/mol. The van der Waals surface area contributed by atoms with Gasteiger partial charge in [-0.25, -0.2) is 4.79 Å². The second kappa shape index (κ2) is 3.44. The maximum Gasteiger partial charge on any atom is 0.359 e. The van der Waals surface area contributed by atoms with Crippen LogP contribution < -0.4 is 0 Å². The van der Waals surface area contributed by atoms with Crippen molar-refractivity contribution in [2.24, 2.45) is 0 Å². The zero-order chi connectivity index (χ0) is 10.0. The lowest BCUT2D eigenvalue weighted by Crippen LogP contribution is -2.06. The molecule has 6 heteroatoms. The molecule has 0 unspecified atom stereocenters. The fourth-order valence-corrected chi connectivity index (χ4v) is 1.06. The molecule has 0 atom stereocenters. The number of pyridine rings is 1. The number of carboxylic acids is 1. The molecule has 0 aliphatic rings. The van der Waals surface area contributed by atoms with Crippen molar-refractivity contribution in [1.82, 2.24) is 4.98 Å². The molecular formula is C7H7N2O3S+. The quantitative estimate of drug-likeness (QED) is 0.559. The van der Waals surface area contributed by atoms with Crippen LogP contribution in [-0.2, 0) is 0 Å². The van der Waals surface area contributed by atoms with E-state index in [1.807, 2.05) is 0 Å². The highest BCUT2D eigenvalue weighted by atomic mass is 32.1. The average molecular weight is 199 g/mol. The zero-order valence-corrected chi connectivity index (χ0v) is 7.59. The Labute approximate surface area is 78.6 Å². The molecule has 0 radical (unpaired) electrons. The van der Waals surface area contributed by atoms with Gasteiger partial charge in [-0.1, -0.05) is 12.2 Å². The zero-order valence-electron chi connectivity index (χ0n) is 6.77. The number of carboxylic acid groups (broad SMARTS) is 1. The summed E-state index contributed by atoms with van der Waals surface area (Å²) in [6, 6.07) is 2.83. The van der Waals surface area contributed by atoms with Crippen LogP contribution in [0, 0.1) is 9.55 Å². The highest BCUT2D eigenvalue weighted by Crippen LogP contribution is 2.14. The maximum absolute atomic E-state index is 10.9. The highest BCUT2D eigenvalue weighted by Gasteiger charge is 2.19. The molecule has 1 aromatic heterocycles. The molecule has 0 fully saturated rings. The summed E-state index contributed by atoms with van der Waals surface area (Å²) in [6.07, 6.45) is 0. The third kappa shape index (κ3) is 1.97. The number of carbonyl (C=O) groups is 1. The minimum Gasteiger partial charge on any atom is -0.476 e. The van der Waals surface area contributed by atoms with Crippen LogP contribution in [0.1, 0.15) is 10.5 Å². The first-order chi connectivity index (χ1) is 6.02. The van der Waals surface area contributed by atoms with E-state index in [0.29, 0.717) is 4.76 Å². The van der Waals surface area contributed by atoms with Gasteiger partial charge < -0.3 is 10.1 Å². The second-order valence-electron chi connectivity index (χ2n) is 2.39. The van der Waals surface area contributed by atoms with Crippen molar-refractivity contribution in [3.63, 3.8) is 0 Å². The lowest BCUT2D eigenvalue weighted by Gasteiger charge is -1.94. The molecule has 0 saturated carbocycles. The van der Waals surface area contributed by atoms with Crippen LogP contribution >= 0.6 is 12.2 Å². The van der Waals surface area contributed by atoms with Gasteiger partial charge in [0.15, 0.2) is 7.05 Å². The van der Waals surface area contributed by atoms with Gasteiger partial charge in [0.2, 0.25) is 5.69 Å². The van der Waals surface area contributed by atoms with Crippen molar-refractivity contribution in [1.29, 1.82) is 0 Å². The molecular weight excluding hydrogens is 192 g/mol. The fourth-order valence-electron chi connectivity index (χ4n) is 0.892. The van der Waals surface area contributed by atoms with Crippen molar-refractivity contribution < 1.29 is 14.7 Å². The van der Waals surface area contributed by atoms with Crippen molar-refractivity contribution in [2.45, 2.75) is 0 Å². The lowest BCUT2D eigenvalue weighted by molar-refractivity contribution is -0.428. The van der Waals surface area contributed by atoms with E-state index in [0.717, 1.165) is 0 Å². The Morgan fingerprint density at radius 1 is 1.62 bits per heavy atom. The Morgan fingerprint density at radius 2 is 2.23 bits per heavy atom. The van der Waals surface area contributed by atoms with E-state index in [2.05, 4.69) is 4.98 Å². The Bertz CT molecular complexity index is 424. The molecule has 0 bridgehead atoms. The fraction of sp³-hybridized carbons (Fsp3) is 0.143. The summed E-state index contributed by atoms with van der Waals surface area (Å²) in [5.41, 5.74) is -0.133. The molecule has 1 heterocycles. The first kappa shape index (κ1) is 9.53. The molecule has 0 aliphatic carbocycles. The summed E-state index contributed by atoms with van der Waals surface area (Å²) in [7, 11) is 1.22. The molecule has 2 N–H and O–H groups in total. The van der Waals surface area contributed by atoms with Gasteiger partial charge >= 0.3 is 5.97 Å². The molecule has 68 valence electrons. The first-order valence-electron chi connectivity index (χ1n) is 3.40. The molecule has 0 aliphatic heterocycles. The number of hydrogen-bond donors (Lipinski definition) is 2. The van der Waals surface area contributed by atoms with E-state index in [9.17, 15) is 9.70 Å². The van der Waals surface area contributed by atoms with E-state index >= 15 is 0 Å². The predicted octanol–water partition coefficient (Wildman–Crippen LogP) is 1.48. The van der Waals surface area contributed by atoms with E-state index in [1.165, 1.54) is 19.2 Å². The maximum atomic E-state index is 10.9. The summed E-state index contributed by atoms with van der Waals surface area (Å²) >= 11 is 4.73. The van der Waals surface area contributed by atoms with Crippen LogP contribution in [0.5, 0.6) is 0 Å². The van der Waals surface area contributed by atoms with Gasteiger partial charge in [0.05, 0.1) is 0 Å². The van der Waals surface area contributed by atoms with Gasteiger partial charge in [-0.2, -0.15) is 0 Å². The largest absolute Gasteiger partial charge is 0.476 e. The van der Waals surface area contributed by atoms with Gasteiger partial charge in [0, 0.05) is 15.7 Å². The van der Waals surface area contributed by atoms with Crippen LogP contribution in [0.4, 0.5) is 5.69 Å². The molecule has 0 saturated heterocycles. The van der Waals surface area contributed by atoms with Gasteiger partial charge in [-0.3, -0.25) is 0 Å². The first-order valence-corrected chi connectivity index (χ1v) is 3.80. The van der Waals surface area contributed by atoms with Crippen LogP contribution in [0.25, 0.3) is 0 Å². The van der Waals surface area contributed by atoms with Crippen LogP contribution in [-0.4, -0.2) is 27.9 Å². The smallest absolute Gasteiger partial charge is 0.359 e. The number of nitrogens with one attached hydrogen (secondary N) is 1. The summed E-state index contributed by atoms with van der Waals surface area (Å²) < 4.78 is 0.748. The number of aromatic carboxylic acids is 1. The number of nitroso groups, excluding NO2 is 1. The number of aromatic amines is 1. The Morgan fingerprint density at radius 3 is 2.69 bits per heavy atom. The van der Waals surface area contributed by atoms with E-state index in [4.69, 9.17) is 17.3 Å². The monoisotopic (exact) mass is 199 g/mol. The van der Waals surface area contributed by atoms with Gasteiger partial charge in [0.25, 0.3) is 5.69 Å². The molecule has 1 rings (SSSR count). The summed E-state index contributed by atoms with van der Waals surface area (Å²) in [5.74, 6) is -1.20. The molecule has 5 nitrogen and oxygen atoms in total. The van der Waals surface area contributed by atoms with Crippen molar-refractivity contribution in [3.05, 3.63) is 27.4 Å². The molecule has 0 spiro atoms. The normalized spacial score (nSPS) is 9.62. The summed E-state index contributed by atoms with van der Waals surface area (Å²) in [4.78, 5) is 23.9. The molecule has 13 heavy (non-hydrogen) atoms. The van der Waals surface area contributed by atoms with E-state index in [1.54, 1.807) is 0 Å². The van der Waals surface area contributed by atoms with Crippen molar-refractivity contribution in [2.75, 3.05) is 7.05 Å². The van der Waals surface area contributed by atoms with Crippen LogP contribution in [0.2, 0.25) is 0 Å². The Balaban J connectivity index is 3.44. The number of nitrogens with zero attached hydrogens (tertiary/aromatic N) is 1. The topological polar surface area (TPSA) is 73.2 Å². The van der Waals surface area contributed by atoms with E-state index in [-0.39, 0.29) is 16.0 Å². The van der Waals surface area contributed by atoms with E-state index < -0.39 is 5.97 Å². The lowest BCUT2D eigenvalue weighted by atomic mass is 10.3. The Kier molecular flexibility index (Phi) is 2.52. The van der Waals surface area contributed by atoms with Crippen LogP contribution in [0.15, 0.2) is 12.1 Å². The van der Waals surface area contributed by atoms with Crippen molar-refractivity contribution in [3.8, 4) is 0 Å². The minimum atomic E-state index is -1.20. The highest BCUT2D eigenvalue weighted by molar-refractivity contribution is 7.71. The molecule has 1 aromatic rings. The number of H-pyrrole nitrogens is 1. The minimum absolute atomic E-state index is 0.0566. The van der Waals surface area contributed by atoms with Gasteiger partial charge in [0.1, 0.15) is 4.64 Å². The standard InChI is InChI=1S/C7H6N2O3S/c1-9(12)4-2-3-5(13)8-6(4)7(10)11/h2-3H,1H3,(H-,8,10,11,12,13)/p+1. The Hall–Kier alpha value is -1.56. The van der Waals surface area contributed by atoms with Crippen LogP contribution in [0.3, 0.4) is 0 Å². The second-order valence-corrected chi connectivity index (χ2v) is 2.83. The molecule has 0 amide bonds.